The molecule has 0 bridgehead atoms. The summed E-state index contributed by atoms with van der Waals surface area (Å²) in [5.74, 6) is 1.68. The van der Waals surface area contributed by atoms with Crippen LogP contribution in [-0.4, -0.2) is 18.0 Å². The summed E-state index contributed by atoms with van der Waals surface area (Å²) in [5, 5.41) is 0.845. The average molecular weight is 238 g/mol. The van der Waals surface area contributed by atoms with Gasteiger partial charge in [0.05, 0.1) is 0 Å². The zero-order chi connectivity index (χ0) is 11.5. The molecule has 2 heteroatoms. The maximum atomic E-state index is 5.99. The molecule has 1 aromatic rings. The Labute approximate surface area is 103 Å². The van der Waals surface area contributed by atoms with Gasteiger partial charge in [0.2, 0.25) is 0 Å². The summed E-state index contributed by atoms with van der Waals surface area (Å²) in [5.41, 5.74) is 1.33. The van der Waals surface area contributed by atoms with E-state index in [9.17, 15) is 0 Å². The molecule has 0 radical (unpaired) electrons. The highest BCUT2D eigenvalue weighted by Crippen LogP contribution is 2.25. The molecular weight excluding hydrogens is 218 g/mol. The first-order chi connectivity index (χ1) is 7.65. The Bertz CT molecular complexity index is 348. The molecule has 1 aliphatic rings. The Hall–Kier alpha value is -0.530. The summed E-state index contributed by atoms with van der Waals surface area (Å²) < 4.78 is 0. The summed E-state index contributed by atoms with van der Waals surface area (Å²) in [6.45, 7) is 8.17. The van der Waals surface area contributed by atoms with E-state index in [4.69, 9.17) is 11.6 Å². The molecule has 1 unspecified atom stereocenters. The fraction of sp³-hybridized carbons (Fsp3) is 0.571. The highest BCUT2D eigenvalue weighted by Gasteiger charge is 2.24. The van der Waals surface area contributed by atoms with Crippen LogP contribution in [0.5, 0.6) is 0 Å². The molecule has 0 N–H and O–H groups in total. The van der Waals surface area contributed by atoms with Crippen molar-refractivity contribution in [2.75, 3.05) is 13.1 Å². The lowest BCUT2D eigenvalue weighted by Gasteiger charge is -2.17. The molecule has 1 saturated heterocycles. The molecule has 0 saturated carbocycles. The number of halogens is 1. The molecule has 1 aliphatic heterocycles. The van der Waals surface area contributed by atoms with Gasteiger partial charge in [-0.05, 0) is 42.5 Å². The van der Waals surface area contributed by atoms with Gasteiger partial charge < -0.3 is 0 Å². The van der Waals surface area contributed by atoms with Crippen molar-refractivity contribution < 1.29 is 0 Å². The van der Waals surface area contributed by atoms with Gasteiger partial charge >= 0.3 is 0 Å². The largest absolute Gasteiger partial charge is 0.299 e. The van der Waals surface area contributed by atoms with Crippen molar-refractivity contribution in [2.45, 2.75) is 26.8 Å². The number of benzene rings is 1. The maximum absolute atomic E-state index is 5.99. The minimum Gasteiger partial charge on any atom is -0.299 e. The summed E-state index contributed by atoms with van der Waals surface area (Å²) in [7, 11) is 0. The van der Waals surface area contributed by atoms with Crippen LogP contribution in [0.25, 0.3) is 0 Å². The van der Waals surface area contributed by atoms with Gasteiger partial charge in [-0.25, -0.2) is 0 Å². The van der Waals surface area contributed by atoms with Crippen LogP contribution in [0.3, 0.4) is 0 Å². The summed E-state index contributed by atoms with van der Waals surface area (Å²) in [4.78, 5) is 2.54. The Kier molecular flexibility index (Phi) is 3.88. The van der Waals surface area contributed by atoms with Crippen LogP contribution in [0.4, 0.5) is 0 Å². The number of rotatable bonds is 3. The van der Waals surface area contributed by atoms with Crippen molar-refractivity contribution in [3.05, 3.63) is 34.9 Å². The second-order valence-corrected chi connectivity index (χ2v) is 5.59. The lowest BCUT2D eigenvalue weighted by Crippen LogP contribution is -2.21. The number of hydrogen-bond donors (Lipinski definition) is 0. The van der Waals surface area contributed by atoms with Crippen molar-refractivity contribution >= 4 is 11.6 Å². The molecule has 1 fully saturated rings. The molecule has 1 nitrogen and oxygen atoms in total. The molecule has 88 valence electrons. The molecule has 2 rings (SSSR count). The molecule has 0 aliphatic carbocycles. The first kappa shape index (κ1) is 11.9. The Morgan fingerprint density at radius 2 is 2.25 bits per heavy atom. The monoisotopic (exact) mass is 237 g/mol. The van der Waals surface area contributed by atoms with Crippen LogP contribution in [0.15, 0.2) is 24.3 Å². The second-order valence-electron chi connectivity index (χ2n) is 5.16. The SMILES string of the molecule is CC(C)C1CCN(Cc2cccc(Cl)c2)C1. The molecule has 0 amide bonds. The summed E-state index contributed by atoms with van der Waals surface area (Å²) >= 11 is 5.99. The van der Waals surface area contributed by atoms with E-state index in [0.717, 1.165) is 23.4 Å². The van der Waals surface area contributed by atoms with E-state index in [1.807, 2.05) is 12.1 Å². The van der Waals surface area contributed by atoms with Gasteiger partial charge in [0, 0.05) is 18.1 Å². The maximum Gasteiger partial charge on any atom is 0.0409 e. The van der Waals surface area contributed by atoms with Gasteiger partial charge in [0.15, 0.2) is 0 Å². The predicted octanol–water partition coefficient (Wildman–Crippen LogP) is 3.82. The summed E-state index contributed by atoms with van der Waals surface area (Å²) in [6.07, 6.45) is 1.35. The first-order valence-corrected chi connectivity index (χ1v) is 6.50. The standard InChI is InChI=1S/C14H20ClN/c1-11(2)13-6-7-16(10-13)9-12-4-3-5-14(15)8-12/h3-5,8,11,13H,6-7,9-10H2,1-2H3. The third-order valence-electron chi connectivity index (χ3n) is 3.55. The van der Waals surface area contributed by atoms with E-state index in [-0.39, 0.29) is 0 Å². The lowest BCUT2D eigenvalue weighted by atomic mass is 9.95. The van der Waals surface area contributed by atoms with Gasteiger partial charge in [-0.3, -0.25) is 4.90 Å². The fourth-order valence-electron chi connectivity index (χ4n) is 2.44. The minimum atomic E-state index is 0.810. The number of hydrogen-bond acceptors (Lipinski definition) is 1. The molecule has 0 aromatic heterocycles. The van der Waals surface area contributed by atoms with Crippen molar-refractivity contribution in [3.8, 4) is 0 Å². The average Bonchev–Trinajstić information content (AvgIpc) is 2.66. The molecule has 1 atom stereocenters. The van der Waals surface area contributed by atoms with E-state index in [2.05, 4.69) is 30.9 Å². The minimum absolute atomic E-state index is 0.810. The number of nitrogens with zero attached hydrogens (tertiary/aromatic N) is 1. The van der Waals surface area contributed by atoms with Crippen LogP contribution < -0.4 is 0 Å². The van der Waals surface area contributed by atoms with Crippen LogP contribution >= 0.6 is 11.6 Å². The normalized spacial score (nSPS) is 21.9. The molecule has 16 heavy (non-hydrogen) atoms. The van der Waals surface area contributed by atoms with Crippen molar-refractivity contribution in [2.24, 2.45) is 11.8 Å². The van der Waals surface area contributed by atoms with Crippen LogP contribution in [0.2, 0.25) is 5.02 Å². The lowest BCUT2D eigenvalue weighted by molar-refractivity contribution is 0.297. The van der Waals surface area contributed by atoms with Crippen molar-refractivity contribution in [1.82, 2.24) is 4.90 Å². The predicted molar refractivity (Wildman–Crippen MR) is 69.7 cm³/mol. The zero-order valence-electron chi connectivity index (χ0n) is 10.1. The summed E-state index contributed by atoms with van der Waals surface area (Å²) in [6, 6.07) is 8.21. The Balaban J connectivity index is 1.92. The van der Waals surface area contributed by atoms with Gasteiger partial charge in [-0.2, -0.15) is 0 Å². The highest BCUT2D eigenvalue weighted by molar-refractivity contribution is 6.30. The smallest absolute Gasteiger partial charge is 0.0409 e. The zero-order valence-corrected chi connectivity index (χ0v) is 10.9. The third-order valence-corrected chi connectivity index (χ3v) is 3.78. The molecule has 0 spiro atoms. The van der Waals surface area contributed by atoms with Crippen LogP contribution in [0, 0.1) is 11.8 Å². The van der Waals surface area contributed by atoms with E-state index in [1.165, 1.54) is 25.1 Å². The van der Waals surface area contributed by atoms with E-state index in [0.29, 0.717) is 0 Å². The van der Waals surface area contributed by atoms with Crippen LogP contribution in [-0.2, 0) is 6.54 Å². The van der Waals surface area contributed by atoms with Gasteiger partial charge in [-0.1, -0.05) is 37.6 Å². The fourth-order valence-corrected chi connectivity index (χ4v) is 2.66. The van der Waals surface area contributed by atoms with E-state index in [1.54, 1.807) is 0 Å². The highest BCUT2D eigenvalue weighted by atomic mass is 35.5. The molecule has 1 aromatic carbocycles. The molecular formula is C14H20ClN. The van der Waals surface area contributed by atoms with E-state index >= 15 is 0 Å². The second kappa shape index (κ2) is 5.20. The van der Waals surface area contributed by atoms with Gasteiger partial charge in [0.1, 0.15) is 0 Å². The third kappa shape index (κ3) is 2.99. The topological polar surface area (TPSA) is 3.24 Å². The van der Waals surface area contributed by atoms with Gasteiger partial charge in [-0.15, -0.1) is 0 Å². The van der Waals surface area contributed by atoms with E-state index < -0.39 is 0 Å². The van der Waals surface area contributed by atoms with Crippen LogP contribution in [0.1, 0.15) is 25.8 Å². The van der Waals surface area contributed by atoms with Crippen molar-refractivity contribution in [3.63, 3.8) is 0 Å². The van der Waals surface area contributed by atoms with Gasteiger partial charge in [0.25, 0.3) is 0 Å². The quantitative estimate of drug-likeness (QED) is 0.773. The Morgan fingerprint density at radius 3 is 2.88 bits per heavy atom. The number of likely N-dealkylation sites (tertiary alicyclic amines) is 1. The molecule has 1 heterocycles. The Morgan fingerprint density at radius 1 is 1.44 bits per heavy atom. The first-order valence-electron chi connectivity index (χ1n) is 6.12. The van der Waals surface area contributed by atoms with Crippen molar-refractivity contribution in [1.29, 1.82) is 0 Å².